The molecule has 2 heterocycles. The SMILES string of the molecule is CNCc1nnc(-c2cccnc2)o1. The molecule has 2 aromatic heterocycles. The molecular weight excluding hydrogens is 180 g/mol. The zero-order valence-corrected chi connectivity index (χ0v) is 7.77. The fourth-order valence-electron chi connectivity index (χ4n) is 1.08. The lowest BCUT2D eigenvalue weighted by atomic mass is 10.3. The second kappa shape index (κ2) is 3.97. The molecule has 1 N–H and O–H groups in total. The number of nitrogens with one attached hydrogen (secondary N) is 1. The molecule has 0 spiro atoms. The van der Waals surface area contributed by atoms with Gasteiger partial charge in [0.05, 0.1) is 12.1 Å². The maximum absolute atomic E-state index is 5.39. The van der Waals surface area contributed by atoms with Crippen LogP contribution in [-0.2, 0) is 6.54 Å². The van der Waals surface area contributed by atoms with Crippen molar-refractivity contribution in [2.45, 2.75) is 6.54 Å². The first-order valence-electron chi connectivity index (χ1n) is 4.27. The number of rotatable bonds is 3. The standard InChI is InChI=1S/C9H10N4O/c1-10-6-8-12-13-9(14-8)7-3-2-4-11-5-7/h2-5,10H,6H2,1H3. The Morgan fingerprint density at radius 2 is 2.36 bits per heavy atom. The molecule has 0 bridgehead atoms. The van der Waals surface area contributed by atoms with E-state index in [0.29, 0.717) is 18.3 Å². The minimum atomic E-state index is 0.503. The van der Waals surface area contributed by atoms with Gasteiger partial charge in [0, 0.05) is 12.4 Å². The maximum atomic E-state index is 5.39. The summed E-state index contributed by atoms with van der Waals surface area (Å²) in [5.41, 5.74) is 0.836. The monoisotopic (exact) mass is 190 g/mol. The van der Waals surface area contributed by atoms with Crippen LogP contribution in [0.2, 0.25) is 0 Å². The van der Waals surface area contributed by atoms with Gasteiger partial charge in [0.2, 0.25) is 11.8 Å². The maximum Gasteiger partial charge on any atom is 0.249 e. The quantitative estimate of drug-likeness (QED) is 0.777. The second-order valence-electron chi connectivity index (χ2n) is 2.77. The number of nitrogens with zero attached hydrogens (tertiary/aromatic N) is 3. The van der Waals surface area contributed by atoms with E-state index in [-0.39, 0.29) is 0 Å². The molecule has 0 amide bonds. The first-order chi connectivity index (χ1) is 6.90. The Labute approximate surface area is 81.2 Å². The van der Waals surface area contributed by atoms with Crippen LogP contribution in [-0.4, -0.2) is 22.2 Å². The second-order valence-corrected chi connectivity index (χ2v) is 2.77. The molecule has 14 heavy (non-hydrogen) atoms. The molecule has 0 fully saturated rings. The molecule has 5 nitrogen and oxygen atoms in total. The third kappa shape index (κ3) is 1.77. The van der Waals surface area contributed by atoms with Crippen LogP contribution in [0.3, 0.4) is 0 Å². The predicted molar refractivity (Wildman–Crippen MR) is 50.3 cm³/mol. The van der Waals surface area contributed by atoms with Crippen LogP contribution in [0, 0.1) is 0 Å². The molecule has 72 valence electrons. The topological polar surface area (TPSA) is 63.8 Å². The fourth-order valence-corrected chi connectivity index (χ4v) is 1.08. The third-order valence-electron chi connectivity index (χ3n) is 1.70. The fraction of sp³-hybridized carbons (Fsp3) is 0.222. The van der Waals surface area contributed by atoms with Gasteiger partial charge in [-0.2, -0.15) is 0 Å². The van der Waals surface area contributed by atoms with Gasteiger partial charge >= 0.3 is 0 Å². The van der Waals surface area contributed by atoms with Crippen LogP contribution in [0.1, 0.15) is 5.89 Å². The Balaban J connectivity index is 2.25. The molecule has 0 aromatic carbocycles. The van der Waals surface area contributed by atoms with Crippen molar-refractivity contribution >= 4 is 0 Å². The zero-order valence-electron chi connectivity index (χ0n) is 7.77. The van der Waals surface area contributed by atoms with Crippen molar-refractivity contribution in [2.24, 2.45) is 0 Å². The predicted octanol–water partition coefficient (Wildman–Crippen LogP) is 0.851. The zero-order chi connectivity index (χ0) is 9.80. The highest BCUT2D eigenvalue weighted by Crippen LogP contribution is 2.15. The van der Waals surface area contributed by atoms with Gasteiger partial charge in [0.25, 0.3) is 0 Å². The van der Waals surface area contributed by atoms with E-state index in [9.17, 15) is 0 Å². The Morgan fingerprint density at radius 3 is 3.07 bits per heavy atom. The summed E-state index contributed by atoms with van der Waals surface area (Å²) in [6.45, 7) is 0.577. The summed E-state index contributed by atoms with van der Waals surface area (Å²) in [5, 5.41) is 10.7. The Bertz CT molecular complexity index is 398. The molecule has 0 unspecified atom stereocenters. The van der Waals surface area contributed by atoms with Crippen LogP contribution in [0.15, 0.2) is 28.9 Å². The molecule has 0 aliphatic rings. The van der Waals surface area contributed by atoms with E-state index < -0.39 is 0 Å². The van der Waals surface area contributed by atoms with Crippen LogP contribution in [0.25, 0.3) is 11.5 Å². The van der Waals surface area contributed by atoms with Gasteiger partial charge < -0.3 is 9.73 Å². The van der Waals surface area contributed by atoms with Crippen LogP contribution in [0.5, 0.6) is 0 Å². The Kier molecular flexibility index (Phi) is 2.51. The first kappa shape index (κ1) is 8.83. The molecule has 0 saturated carbocycles. The summed E-state index contributed by atoms with van der Waals surface area (Å²) in [7, 11) is 1.83. The van der Waals surface area contributed by atoms with Gasteiger partial charge in [-0.05, 0) is 19.2 Å². The van der Waals surface area contributed by atoms with E-state index in [2.05, 4.69) is 20.5 Å². The van der Waals surface area contributed by atoms with Crippen LogP contribution in [0.4, 0.5) is 0 Å². The highest BCUT2D eigenvalue weighted by atomic mass is 16.4. The van der Waals surface area contributed by atoms with Crippen molar-refractivity contribution in [3.05, 3.63) is 30.4 Å². The molecule has 0 atom stereocenters. The van der Waals surface area contributed by atoms with Gasteiger partial charge in [-0.3, -0.25) is 4.98 Å². The van der Waals surface area contributed by atoms with E-state index in [1.807, 2.05) is 19.2 Å². The average Bonchev–Trinajstić information content (AvgIpc) is 2.68. The molecule has 2 rings (SSSR count). The van der Waals surface area contributed by atoms with Gasteiger partial charge in [-0.15, -0.1) is 10.2 Å². The number of hydrogen-bond donors (Lipinski definition) is 1. The lowest BCUT2D eigenvalue weighted by Gasteiger charge is -1.91. The van der Waals surface area contributed by atoms with Crippen LogP contribution >= 0.6 is 0 Å². The molecule has 0 saturated heterocycles. The molecule has 0 aliphatic carbocycles. The van der Waals surface area contributed by atoms with E-state index in [1.165, 1.54) is 0 Å². The normalized spacial score (nSPS) is 10.4. The third-order valence-corrected chi connectivity index (χ3v) is 1.70. The average molecular weight is 190 g/mol. The minimum Gasteiger partial charge on any atom is -0.419 e. The van der Waals surface area contributed by atoms with Gasteiger partial charge in [-0.1, -0.05) is 0 Å². The highest BCUT2D eigenvalue weighted by molar-refractivity contribution is 5.49. The summed E-state index contributed by atoms with van der Waals surface area (Å²) < 4.78 is 5.39. The van der Waals surface area contributed by atoms with E-state index >= 15 is 0 Å². The van der Waals surface area contributed by atoms with E-state index in [1.54, 1.807) is 12.4 Å². The summed E-state index contributed by atoms with van der Waals surface area (Å²) in [6.07, 6.45) is 3.39. The molecule has 5 heteroatoms. The number of aromatic nitrogens is 3. The lowest BCUT2D eigenvalue weighted by molar-refractivity contribution is 0.490. The summed E-state index contributed by atoms with van der Waals surface area (Å²) >= 11 is 0. The van der Waals surface area contributed by atoms with Gasteiger partial charge in [-0.25, -0.2) is 0 Å². The molecule has 0 radical (unpaired) electrons. The van der Waals surface area contributed by atoms with Crippen molar-refractivity contribution in [3.8, 4) is 11.5 Å². The largest absolute Gasteiger partial charge is 0.419 e. The summed E-state index contributed by atoms with van der Waals surface area (Å²) in [6, 6.07) is 3.71. The van der Waals surface area contributed by atoms with Crippen molar-refractivity contribution in [1.82, 2.24) is 20.5 Å². The minimum absolute atomic E-state index is 0.503. The van der Waals surface area contributed by atoms with Crippen molar-refractivity contribution in [3.63, 3.8) is 0 Å². The number of hydrogen-bond acceptors (Lipinski definition) is 5. The van der Waals surface area contributed by atoms with E-state index in [4.69, 9.17) is 4.42 Å². The Hall–Kier alpha value is -1.75. The Morgan fingerprint density at radius 1 is 1.43 bits per heavy atom. The highest BCUT2D eigenvalue weighted by Gasteiger charge is 2.06. The number of pyridine rings is 1. The molecular formula is C9H10N4O. The summed E-state index contributed by atoms with van der Waals surface area (Å²) in [5.74, 6) is 1.08. The molecule has 0 aliphatic heterocycles. The van der Waals surface area contributed by atoms with Crippen molar-refractivity contribution < 1.29 is 4.42 Å². The first-order valence-corrected chi connectivity index (χ1v) is 4.27. The van der Waals surface area contributed by atoms with Crippen molar-refractivity contribution in [1.29, 1.82) is 0 Å². The smallest absolute Gasteiger partial charge is 0.249 e. The van der Waals surface area contributed by atoms with E-state index in [0.717, 1.165) is 5.56 Å². The van der Waals surface area contributed by atoms with Gasteiger partial charge in [0.15, 0.2) is 0 Å². The summed E-state index contributed by atoms with van der Waals surface area (Å²) in [4.78, 5) is 3.97. The van der Waals surface area contributed by atoms with Crippen molar-refractivity contribution in [2.75, 3.05) is 7.05 Å². The van der Waals surface area contributed by atoms with Gasteiger partial charge in [0.1, 0.15) is 0 Å². The lowest BCUT2D eigenvalue weighted by Crippen LogP contribution is -2.04. The molecule has 2 aromatic rings. The van der Waals surface area contributed by atoms with Crippen LogP contribution < -0.4 is 5.32 Å².